The van der Waals surface area contributed by atoms with Crippen molar-refractivity contribution in [1.82, 2.24) is 19.2 Å². The minimum Gasteiger partial charge on any atom is -0.279 e. The van der Waals surface area contributed by atoms with Gasteiger partial charge in [-0.3, -0.25) is 5.10 Å². The van der Waals surface area contributed by atoms with Crippen LogP contribution in [0.25, 0.3) is 11.3 Å². The summed E-state index contributed by atoms with van der Waals surface area (Å²) in [5.41, 5.74) is 1.61. The van der Waals surface area contributed by atoms with Crippen LogP contribution in [0.3, 0.4) is 0 Å². The van der Waals surface area contributed by atoms with Crippen molar-refractivity contribution >= 4 is 10.2 Å². The molecule has 6 nitrogen and oxygen atoms in total. The van der Waals surface area contributed by atoms with Crippen LogP contribution in [-0.2, 0) is 10.2 Å². The number of rotatable bonds is 5. The van der Waals surface area contributed by atoms with Crippen molar-refractivity contribution in [2.45, 2.75) is 37.6 Å². The Morgan fingerprint density at radius 1 is 1.16 bits per heavy atom. The van der Waals surface area contributed by atoms with Gasteiger partial charge in [0.15, 0.2) is 5.82 Å². The van der Waals surface area contributed by atoms with E-state index in [0.29, 0.717) is 37.1 Å². The van der Waals surface area contributed by atoms with Crippen LogP contribution in [0, 0.1) is 5.82 Å². The lowest BCUT2D eigenvalue weighted by atomic mass is 9.84. The molecule has 0 amide bonds. The van der Waals surface area contributed by atoms with Crippen molar-refractivity contribution < 1.29 is 12.8 Å². The number of hydrogen-bond acceptors (Lipinski definition) is 3. The summed E-state index contributed by atoms with van der Waals surface area (Å²) in [6.45, 7) is 0. The molecule has 0 bridgehead atoms. The Kier molecular flexibility index (Phi) is 5.21. The van der Waals surface area contributed by atoms with Crippen molar-refractivity contribution in [2.24, 2.45) is 0 Å². The van der Waals surface area contributed by atoms with Gasteiger partial charge in [0.05, 0.1) is 5.69 Å². The second kappa shape index (κ2) is 7.23. The summed E-state index contributed by atoms with van der Waals surface area (Å²) < 4.78 is 42.4. The summed E-state index contributed by atoms with van der Waals surface area (Å²) in [6, 6.07) is 9.14. The topological polar surface area (TPSA) is 78.1 Å². The Labute approximate surface area is 147 Å². The van der Waals surface area contributed by atoms with Crippen molar-refractivity contribution in [3.05, 3.63) is 41.8 Å². The first-order chi connectivity index (χ1) is 11.9. The van der Waals surface area contributed by atoms with Crippen LogP contribution < -0.4 is 4.72 Å². The molecular weight excluding hydrogens is 343 g/mol. The lowest BCUT2D eigenvalue weighted by Gasteiger charge is -2.29. The molecule has 1 aromatic heterocycles. The fourth-order valence-electron chi connectivity index (χ4n) is 3.22. The van der Waals surface area contributed by atoms with Gasteiger partial charge in [0.1, 0.15) is 5.69 Å². The van der Waals surface area contributed by atoms with Crippen LogP contribution >= 0.6 is 0 Å². The van der Waals surface area contributed by atoms with Crippen molar-refractivity contribution in [2.75, 3.05) is 14.1 Å². The van der Waals surface area contributed by atoms with Gasteiger partial charge in [0.2, 0.25) is 0 Å². The zero-order valence-corrected chi connectivity index (χ0v) is 15.2. The smallest absolute Gasteiger partial charge is 0.279 e. The highest BCUT2D eigenvalue weighted by molar-refractivity contribution is 7.87. The predicted octanol–water partition coefficient (Wildman–Crippen LogP) is 2.64. The maximum atomic E-state index is 14.8. The fourth-order valence-corrected chi connectivity index (χ4v) is 4.08. The molecular formula is C17H23FN4O2S. The molecule has 1 fully saturated rings. The molecule has 136 valence electrons. The third kappa shape index (κ3) is 3.91. The molecule has 1 heterocycles. The first-order valence-electron chi connectivity index (χ1n) is 8.37. The van der Waals surface area contributed by atoms with Gasteiger partial charge in [0, 0.05) is 31.6 Å². The van der Waals surface area contributed by atoms with Gasteiger partial charge in [-0.25, -0.2) is 4.39 Å². The molecule has 1 aromatic carbocycles. The number of halogens is 1. The SMILES string of the molecule is CN(C)S(=O)(=O)NC1CCC(c2[nH]nc(-c3ccccc3)c2F)CC1. The Morgan fingerprint density at radius 2 is 1.80 bits per heavy atom. The second-order valence-electron chi connectivity index (χ2n) is 6.62. The molecule has 0 aliphatic heterocycles. The zero-order valence-electron chi connectivity index (χ0n) is 14.4. The zero-order chi connectivity index (χ0) is 18.0. The highest BCUT2D eigenvalue weighted by Crippen LogP contribution is 2.35. The molecule has 0 radical (unpaired) electrons. The highest BCUT2D eigenvalue weighted by atomic mass is 32.2. The van der Waals surface area contributed by atoms with E-state index in [1.54, 1.807) is 0 Å². The van der Waals surface area contributed by atoms with E-state index in [9.17, 15) is 12.8 Å². The molecule has 1 aliphatic carbocycles. The molecule has 25 heavy (non-hydrogen) atoms. The van der Waals surface area contributed by atoms with E-state index < -0.39 is 10.2 Å². The molecule has 1 aliphatic rings. The number of benzene rings is 1. The molecule has 1 saturated carbocycles. The first kappa shape index (κ1) is 18.0. The fraction of sp³-hybridized carbons (Fsp3) is 0.471. The lowest BCUT2D eigenvalue weighted by molar-refractivity contribution is 0.357. The Morgan fingerprint density at radius 3 is 2.40 bits per heavy atom. The van der Waals surface area contributed by atoms with Crippen molar-refractivity contribution in [3.63, 3.8) is 0 Å². The number of aromatic amines is 1. The third-order valence-electron chi connectivity index (χ3n) is 4.71. The van der Waals surface area contributed by atoms with Gasteiger partial charge in [-0.1, -0.05) is 30.3 Å². The van der Waals surface area contributed by atoms with Crippen molar-refractivity contribution in [1.29, 1.82) is 0 Å². The average molecular weight is 366 g/mol. The quantitative estimate of drug-likeness (QED) is 0.854. The summed E-state index contributed by atoms with van der Waals surface area (Å²) in [5.74, 6) is -0.270. The molecule has 3 rings (SSSR count). The summed E-state index contributed by atoms with van der Waals surface area (Å²) in [4.78, 5) is 0. The lowest BCUT2D eigenvalue weighted by Crippen LogP contribution is -2.43. The molecule has 0 spiro atoms. The van der Waals surface area contributed by atoms with Crippen LogP contribution in [0.2, 0.25) is 0 Å². The van der Waals surface area contributed by atoms with E-state index in [4.69, 9.17) is 0 Å². The molecule has 0 unspecified atom stereocenters. The van der Waals surface area contributed by atoms with Gasteiger partial charge in [0.25, 0.3) is 10.2 Å². The first-order valence-corrected chi connectivity index (χ1v) is 9.81. The summed E-state index contributed by atoms with van der Waals surface area (Å²) in [5, 5.41) is 7.00. The number of nitrogens with zero attached hydrogens (tertiary/aromatic N) is 2. The van der Waals surface area contributed by atoms with Crippen LogP contribution in [0.1, 0.15) is 37.3 Å². The Bertz CT molecular complexity index is 812. The summed E-state index contributed by atoms with van der Waals surface area (Å²) >= 11 is 0. The van der Waals surface area contributed by atoms with E-state index in [1.807, 2.05) is 30.3 Å². The van der Waals surface area contributed by atoms with Gasteiger partial charge < -0.3 is 0 Å². The molecule has 2 N–H and O–H groups in total. The van der Waals surface area contributed by atoms with Crippen LogP contribution in [0.5, 0.6) is 0 Å². The average Bonchev–Trinajstić information content (AvgIpc) is 2.97. The van der Waals surface area contributed by atoms with E-state index in [0.717, 1.165) is 5.56 Å². The summed E-state index contributed by atoms with van der Waals surface area (Å²) in [7, 11) is -0.433. The maximum Gasteiger partial charge on any atom is 0.279 e. The standard InChI is InChI=1S/C17H23FN4O2S/c1-22(2)25(23,24)21-14-10-8-13(9-11-14)17-15(18)16(19-20-17)12-6-4-3-5-7-12/h3-7,13-14,21H,8-11H2,1-2H3,(H,19,20). The number of aromatic nitrogens is 2. The van der Waals surface area contributed by atoms with Gasteiger partial charge >= 0.3 is 0 Å². The number of H-pyrrole nitrogens is 1. The minimum atomic E-state index is -3.43. The van der Waals surface area contributed by atoms with E-state index >= 15 is 0 Å². The minimum absolute atomic E-state index is 0.0325. The van der Waals surface area contributed by atoms with Gasteiger partial charge in [-0.05, 0) is 25.7 Å². The highest BCUT2D eigenvalue weighted by Gasteiger charge is 2.29. The molecule has 0 atom stereocenters. The predicted molar refractivity (Wildman–Crippen MR) is 94.7 cm³/mol. The molecule has 2 aromatic rings. The van der Waals surface area contributed by atoms with Crippen LogP contribution in [0.4, 0.5) is 4.39 Å². The summed E-state index contributed by atoms with van der Waals surface area (Å²) in [6.07, 6.45) is 2.79. The molecule has 0 saturated heterocycles. The normalized spacial score (nSPS) is 21.6. The van der Waals surface area contributed by atoms with E-state index in [2.05, 4.69) is 14.9 Å². The number of hydrogen-bond donors (Lipinski definition) is 2. The monoisotopic (exact) mass is 366 g/mol. The van der Waals surface area contributed by atoms with Crippen LogP contribution in [-0.4, -0.2) is 43.1 Å². The van der Waals surface area contributed by atoms with E-state index in [-0.39, 0.29) is 17.8 Å². The van der Waals surface area contributed by atoms with Gasteiger partial charge in [-0.2, -0.15) is 22.5 Å². The van der Waals surface area contributed by atoms with Crippen molar-refractivity contribution in [3.8, 4) is 11.3 Å². The number of nitrogens with one attached hydrogen (secondary N) is 2. The van der Waals surface area contributed by atoms with E-state index in [1.165, 1.54) is 18.4 Å². The largest absolute Gasteiger partial charge is 0.279 e. The Balaban J connectivity index is 1.67. The second-order valence-corrected chi connectivity index (χ2v) is 8.54. The third-order valence-corrected chi connectivity index (χ3v) is 6.30. The Hall–Kier alpha value is -1.77. The van der Waals surface area contributed by atoms with Crippen LogP contribution in [0.15, 0.2) is 30.3 Å². The molecule has 8 heteroatoms. The van der Waals surface area contributed by atoms with Gasteiger partial charge in [-0.15, -0.1) is 0 Å². The maximum absolute atomic E-state index is 14.8.